The number of anilines is 1. The van der Waals surface area contributed by atoms with E-state index in [0.29, 0.717) is 25.3 Å². The van der Waals surface area contributed by atoms with Crippen LogP contribution in [0.1, 0.15) is 19.3 Å². The molecule has 8 heteroatoms. The predicted molar refractivity (Wildman–Crippen MR) is 78.3 cm³/mol. The molecule has 1 fully saturated rings. The molecule has 0 atom stereocenters. The summed E-state index contributed by atoms with van der Waals surface area (Å²) in [5.41, 5.74) is 0.377. The zero-order valence-electron chi connectivity index (χ0n) is 12.5. The van der Waals surface area contributed by atoms with E-state index in [1.54, 1.807) is 0 Å². The van der Waals surface area contributed by atoms with Crippen LogP contribution in [0.5, 0.6) is 5.75 Å². The molecule has 128 valence electrons. The van der Waals surface area contributed by atoms with Crippen LogP contribution < -0.4 is 15.4 Å². The molecular formula is C15H19F3N2O3. The van der Waals surface area contributed by atoms with E-state index in [-0.39, 0.29) is 5.75 Å². The summed E-state index contributed by atoms with van der Waals surface area (Å²) < 4.78 is 45.2. The van der Waals surface area contributed by atoms with Gasteiger partial charge in [0.05, 0.1) is 0 Å². The van der Waals surface area contributed by atoms with Crippen LogP contribution in [0.4, 0.5) is 23.7 Å². The Balaban J connectivity index is 1.60. The Bertz CT molecular complexity index is 502. The minimum absolute atomic E-state index is 0.337. The lowest BCUT2D eigenvalue weighted by molar-refractivity contribution is -0.274. The number of halogens is 3. The SMILES string of the molecule is O=C(NCCCOCC1CC1)Nc1ccc(OC(F)(F)F)cc1. The van der Waals surface area contributed by atoms with E-state index >= 15 is 0 Å². The first-order chi connectivity index (χ1) is 10.9. The van der Waals surface area contributed by atoms with E-state index in [1.807, 2.05) is 0 Å². The fourth-order valence-corrected chi connectivity index (χ4v) is 1.83. The van der Waals surface area contributed by atoms with Gasteiger partial charge in [-0.1, -0.05) is 0 Å². The normalized spacial score (nSPS) is 14.4. The summed E-state index contributed by atoms with van der Waals surface area (Å²) in [5, 5.41) is 5.17. The number of alkyl halides is 3. The lowest BCUT2D eigenvalue weighted by atomic mass is 10.3. The van der Waals surface area contributed by atoms with Gasteiger partial charge in [-0.05, 0) is 49.4 Å². The molecule has 1 aromatic carbocycles. The van der Waals surface area contributed by atoms with E-state index in [9.17, 15) is 18.0 Å². The molecule has 0 saturated heterocycles. The maximum absolute atomic E-state index is 12.0. The molecule has 2 N–H and O–H groups in total. The van der Waals surface area contributed by atoms with Gasteiger partial charge in [-0.3, -0.25) is 0 Å². The maximum atomic E-state index is 12.0. The topological polar surface area (TPSA) is 59.6 Å². The second kappa shape index (κ2) is 8.05. The molecule has 2 rings (SSSR count). The second-order valence-corrected chi connectivity index (χ2v) is 5.32. The van der Waals surface area contributed by atoms with Crippen molar-refractivity contribution in [3.05, 3.63) is 24.3 Å². The Morgan fingerprint density at radius 1 is 1.22 bits per heavy atom. The van der Waals surface area contributed by atoms with E-state index < -0.39 is 12.4 Å². The summed E-state index contributed by atoms with van der Waals surface area (Å²) in [4.78, 5) is 11.6. The van der Waals surface area contributed by atoms with Crippen LogP contribution in [0.2, 0.25) is 0 Å². The first kappa shape index (κ1) is 17.4. The van der Waals surface area contributed by atoms with Gasteiger partial charge < -0.3 is 20.1 Å². The standard InChI is InChI=1S/C15H19F3N2O3/c16-15(17,18)23-13-6-4-12(5-7-13)20-14(21)19-8-1-9-22-10-11-2-3-11/h4-7,11H,1-3,8-10H2,(H2,19,20,21). The molecule has 2 amide bonds. The molecule has 0 radical (unpaired) electrons. The molecule has 0 bridgehead atoms. The lowest BCUT2D eigenvalue weighted by Crippen LogP contribution is -2.30. The average Bonchev–Trinajstić information content (AvgIpc) is 3.27. The van der Waals surface area contributed by atoms with Crippen LogP contribution in [0, 0.1) is 5.92 Å². The highest BCUT2D eigenvalue weighted by Crippen LogP contribution is 2.28. The highest BCUT2D eigenvalue weighted by atomic mass is 19.4. The van der Waals surface area contributed by atoms with Gasteiger partial charge in [0.2, 0.25) is 0 Å². The van der Waals surface area contributed by atoms with Crippen molar-refractivity contribution < 1.29 is 27.4 Å². The number of hydrogen-bond acceptors (Lipinski definition) is 3. The monoisotopic (exact) mass is 332 g/mol. The third-order valence-corrected chi connectivity index (χ3v) is 3.15. The Hall–Kier alpha value is -1.96. The van der Waals surface area contributed by atoms with Gasteiger partial charge >= 0.3 is 12.4 Å². The third-order valence-electron chi connectivity index (χ3n) is 3.15. The first-order valence-corrected chi connectivity index (χ1v) is 7.41. The predicted octanol–water partition coefficient (Wildman–Crippen LogP) is 3.52. The van der Waals surface area contributed by atoms with Gasteiger partial charge in [0.1, 0.15) is 5.75 Å². The van der Waals surface area contributed by atoms with E-state index in [1.165, 1.54) is 25.0 Å². The van der Waals surface area contributed by atoms with Crippen molar-refractivity contribution in [3.63, 3.8) is 0 Å². The molecule has 0 aliphatic heterocycles. The van der Waals surface area contributed by atoms with Crippen molar-refractivity contribution in [2.24, 2.45) is 5.92 Å². The molecule has 1 aliphatic carbocycles. The number of urea groups is 1. The summed E-state index contributed by atoms with van der Waals surface area (Å²) in [6.07, 6.45) is -1.53. The quantitative estimate of drug-likeness (QED) is 0.716. The Morgan fingerprint density at radius 2 is 1.91 bits per heavy atom. The number of benzene rings is 1. The van der Waals surface area contributed by atoms with Crippen LogP contribution in [0.15, 0.2) is 24.3 Å². The third kappa shape index (κ3) is 7.73. The summed E-state index contributed by atoms with van der Waals surface area (Å²) in [7, 11) is 0. The van der Waals surface area contributed by atoms with Gasteiger partial charge in [-0.25, -0.2) is 4.79 Å². The molecule has 1 aliphatic rings. The zero-order chi connectivity index (χ0) is 16.7. The van der Waals surface area contributed by atoms with Crippen molar-refractivity contribution in [2.45, 2.75) is 25.6 Å². The van der Waals surface area contributed by atoms with Crippen LogP contribution in [0.3, 0.4) is 0 Å². The Kier molecular flexibility index (Phi) is 6.09. The molecule has 5 nitrogen and oxygen atoms in total. The van der Waals surface area contributed by atoms with Crippen molar-refractivity contribution in [3.8, 4) is 5.75 Å². The fourth-order valence-electron chi connectivity index (χ4n) is 1.83. The highest BCUT2D eigenvalue weighted by Gasteiger charge is 2.30. The Morgan fingerprint density at radius 3 is 2.52 bits per heavy atom. The van der Waals surface area contributed by atoms with Crippen molar-refractivity contribution in [1.29, 1.82) is 0 Å². The first-order valence-electron chi connectivity index (χ1n) is 7.41. The number of carbonyl (C=O) groups is 1. The smallest absolute Gasteiger partial charge is 0.406 e. The number of rotatable bonds is 8. The number of ether oxygens (including phenoxy) is 2. The second-order valence-electron chi connectivity index (χ2n) is 5.32. The van der Waals surface area contributed by atoms with Crippen LogP contribution in [-0.2, 0) is 4.74 Å². The summed E-state index contributed by atoms with van der Waals surface area (Å²) >= 11 is 0. The largest absolute Gasteiger partial charge is 0.573 e. The van der Waals surface area contributed by atoms with Crippen molar-refractivity contribution in [2.75, 3.05) is 25.1 Å². The van der Waals surface area contributed by atoms with E-state index in [0.717, 1.165) is 24.7 Å². The van der Waals surface area contributed by atoms with Gasteiger partial charge in [0, 0.05) is 25.4 Å². The summed E-state index contributed by atoms with van der Waals surface area (Å²) in [6.45, 7) is 1.85. The van der Waals surface area contributed by atoms with Crippen molar-refractivity contribution >= 4 is 11.7 Å². The minimum atomic E-state index is -4.73. The fraction of sp³-hybridized carbons (Fsp3) is 0.533. The minimum Gasteiger partial charge on any atom is -0.406 e. The molecular weight excluding hydrogens is 313 g/mol. The maximum Gasteiger partial charge on any atom is 0.573 e. The number of nitrogens with one attached hydrogen (secondary N) is 2. The highest BCUT2D eigenvalue weighted by molar-refractivity contribution is 5.89. The zero-order valence-corrected chi connectivity index (χ0v) is 12.5. The average molecular weight is 332 g/mol. The summed E-state index contributed by atoms with van der Waals surface area (Å²) in [6, 6.07) is 4.51. The number of carbonyl (C=O) groups excluding carboxylic acids is 1. The molecule has 0 spiro atoms. The molecule has 0 aromatic heterocycles. The molecule has 1 saturated carbocycles. The van der Waals surface area contributed by atoms with Crippen molar-refractivity contribution in [1.82, 2.24) is 5.32 Å². The molecule has 1 aromatic rings. The van der Waals surface area contributed by atoms with Crippen LogP contribution in [-0.4, -0.2) is 32.2 Å². The van der Waals surface area contributed by atoms with Crippen LogP contribution >= 0.6 is 0 Å². The number of hydrogen-bond donors (Lipinski definition) is 2. The van der Waals surface area contributed by atoms with E-state index in [2.05, 4.69) is 15.4 Å². The van der Waals surface area contributed by atoms with Gasteiger partial charge in [-0.15, -0.1) is 13.2 Å². The Labute approximate surface area is 132 Å². The van der Waals surface area contributed by atoms with E-state index in [4.69, 9.17) is 4.74 Å². The molecule has 23 heavy (non-hydrogen) atoms. The number of amides is 2. The lowest BCUT2D eigenvalue weighted by Gasteiger charge is -2.10. The van der Waals surface area contributed by atoms with Gasteiger partial charge in [0.15, 0.2) is 0 Å². The molecule has 0 unspecified atom stereocenters. The van der Waals surface area contributed by atoms with Crippen LogP contribution in [0.25, 0.3) is 0 Å². The summed E-state index contributed by atoms with van der Waals surface area (Å²) in [5.74, 6) is 0.381. The van der Waals surface area contributed by atoms with Gasteiger partial charge in [-0.2, -0.15) is 0 Å². The molecule has 0 heterocycles. The van der Waals surface area contributed by atoms with Gasteiger partial charge in [0.25, 0.3) is 0 Å².